The summed E-state index contributed by atoms with van der Waals surface area (Å²) in [6.07, 6.45) is -2.36. The number of rotatable bonds is 2. The van der Waals surface area contributed by atoms with Crippen LogP contribution in [0.1, 0.15) is 19.8 Å². The highest BCUT2D eigenvalue weighted by molar-refractivity contribution is 5.79. The molecule has 0 aliphatic carbocycles. The molecule has 1 unspecified atom stereocenters. The van der Waals surface area contributed by atoms with E-state index in [0.29, 0.717) is 19.4 Å². The van der Waals surface area contributed by atoms with Gasteiger partial charge in [0.1, 0.15) is 6.10 Å². The number of hydrogen-bond acceptors (Lipinski definition) is 3. The molecule has 0 saturated carbocycles. The molecule has 0 aromatic heterocycles. The Kier molecular flexibility index (Phi) is 3.68. The van der Waals surface area contributed by atoms with Crippen LogP contribution < -0.4 is 0 Å². The zero-order chi connectivity index (χ0) is 13.3. The molecule has 0 aromatic carbocycles. The Labute approximate surface area is 104 Å². The van der Waals surface area contributed by atoms with Crippen molar-refractivity contribution in [1.29, 1.82) is 0 Å². The van der Waals surface area contributed by atoms with Crippen LogP contribution in [0.2, 0.25) is 0 Å². The van der Waals surface area contributed by atoms with E-state index in [-0.39, 0.29) is 31.3 Å². The van der Waals surface area contributed by atoms with Crippen molar-refractivity contribution in [3.63, 3.8) is 0 Å². The van der Waals surface area contributed by atoms with Gasteiger partial charge in [0, 0.05) is 19.1 Å². The lowest BCUT2D eigenvalue weighted by Gasteiger charge is -2.35. The summed E-state index contributed by atoms with van der Waals surface area (Å²) in [7, 11) is 0. The highest BCUT2D eigenvalue weighted by Gasteiger charge is 2.37. The van der Waals surface area contributed by atoms with E-state index >= 15 is 0 Å². The Balaban J connectivity index is 1.87. The topological polar surface area (TPSA) is 49.9 Å². The Morgan fingerprint density at radius 1 is 1.39 bits per heavy atom. The maximum atomic E-state index is 12.2. The van der Waals surface area contributed by atoms with Crippen molar-refractivity contribution in [3.8, 4) is 0 Å². The van der Waals surface area contributed by atoms with Crippen molar-refractivity contribution in [2.45, 2.75) is 38.3 Å². The minimum atomic E-state index is -2.95. The monoisotopic (exact) mass is 262 g/mol. The molecule has 2 aliphatic heterocycles. The van der Waals surface area contributed by atoms with Gasteiger partial charge in [-0.15, -0.1) is 0 Å². The molecule has 2 heterocycles. The molecule has 2 aliphatic rings. The summed E-state index contributed by atoms with van der Waals surface area (Å²) in [5.74, 6) is -1.12. The van der Waals surface area contributed by atoms with Crippen LogP contribution in [0.4, 0.5) is 13.6 Å². The third-order valence-corrected chi connectivity index (χ3v) is 3.39. The van der Waals surface area contributed by atoms with E-state index in [1.54, 1.807) is 4.90 Å². The molecule has 0 aromatic rings. The summed E-state index contributed by atoms with van der Waals surface area (Å²) in [6, 6.07) is -0.0100. The second kappa shape index (κ2) is 5.07. The first-order valence-corrected chi connectivity index (χ1v) is 6.03. The maximum absolute atomic E-state index is 12.2. The molecule has 2 saturated heterocycles. The van der Waals surface area contributed by atoms with Crippen LogP contribution in [0.5, 0.6) is 0 Å². The third-order valence-electron chi connectivity index (χ3n) is 3.39. The van der Waals surface area contributed by atoms with Gasteiger partial charge in [-0.05, 0) is 19.8 Å². The van der Waals surface area contributed by atoms with Gasteiger partial charge in [-0.3, -0.25) is 4.79 Å². The Bertz CT molecular complexity index is 343. The Hall–Kier alpha value is -1.40. The second-order valence-electron chi connectivity index (χ2n) is 4.70. The first kappa shape index (κ1) is 13.0. The molecular weight excluding hydrogens is 246 g/mol. The Morgan fingerprint density at radius 3 is 2.44 bits per heavy atom. The smallest absolute Gasteiger partial charge is 0.410 e. The fourth-order valence-corrected chi connectivity index (χ4v) is 2.46. The summed E-state index contributed by atoms with van der Waals surface area (Å²) >= 11 is 0. The van der Waals surface area contributed by atoms with Crippen molar-refractivity contribution in [2.24, 2.45) is 0 Å². The summed E-state index contributed by atoms with van der Waals surface area (Å²) in [4.78, 5) is 25.4. The van der Waals surface area contributed by atoms with Gasteiger partial charge in [0.15, 0.2) is 0 Å². The number of amides is 2. The molecule has 2 rings (SSSR count). The van der Waals surface area contributed by atoms with Gasteiger partial charge in [0.25, 0.3) is 5.91 Å². The van der Waals surface area contributed by atoms with E-state index in [0.717, 1.165) is 4.90 Å². The predicted octanol–water partition coefficient (Wildman–Crippen LogP) is 1.08. The van der Waals surface area contributed by atoms with Gasteiger partial charge in [-0.2, -0.15) is 8.78 Å². The summed E-state index contributed by atoms with van der Waals surface area (Å²) in [5.41, 5.74) is 0. The summed E-state index contributed by atoms with van der Waals surface area (Å²) in [5, 5.41) is 0. The molecule has 2 amide bonds. The fraction of sp³-hybridized carbons (Fsp3) is 0.818. The highest BCUT2D eigenvalue weighted by Crippen LogP contribution is 2.22. The van der Waals surface area contributed by atoms with E-state index in [1.807, 2.05) is 6.92 Å². The lowest BCUT2D eigenvalue weighted by atomic mass is 10.0. The molecule has 7 heteroatoms. The van der Waals surface area contributed by atoms with Crippen LogP contribution in [0, 0.1) is 0 Å². The van der Waals surface area contributed by atoms with Gasteiger partial charge in [-0.1, -0.05) is 0 Å². The van der Waals surface area contributed by atoms with Crippen molar-refractivity contribution in [3.05, 3.63) is 0 Å². The minimum absolute atomic E-state index is 0.0100. The third kappa shape index (κ3) is 2.54. The van der Waals surface area contributed by atoms with E-state index in [1.165, 1.54) is 0 Å². The molecule has 102 valence electrons. The van der Waals surface area contributed by atoms with Gasteiger partial charge in [-0.25, -0.2) is 4.79 Å². The number of halogens is 2. The lowest BCUT2D eigenvalue weighted by Crippen LogP contribution is -2.48. The van der Waals surface area contributed by atoms with Gasteiger partial charge in [0.2, 0.25) is 0 Å². The van der Waals surface area contributed by atoms with Crippen LogP contribution in [0.25, 0.3) is 0 Å². The normalized spacial score (nSPS) is 25.8. The molecule has 0 radical (unpaired) electrons. The number of cyclic esters (lactones) is 1. The molecule has 18 heavy (non-hydrogen) atoms. The number of piperidine rings is 1. The average molecular weight is 262 g/mol. The number of ether oxygens (including phenoxy) is 1. The molecule has 0 spiro atoms. The molecule has 2 fully saturated rings. The molecule has 1 atom stereocenters. The van der Waals surface area contributed by atoms with Crippen molar-refractivity contribution < 1.29 is 23.1 Å². The van der Waals surface area contributed by atoms with Crippen molar-refractivity contribution in [1.82, 2.24) is 9.80 Å². The van der Waals surface area contributed by atoms with E-state index in [4.69, 9.17) is 4.74 Å². The van der Waals surface area contributed by atoms with E-state index in [2.05, 4.69) is 0 Å². The standard InChI is InChI=1S/C11H16F2N2O3/c1-7-6-15(11(17)18-7)8-2-4-14(5-3-8)10(16)9(12)13/h7-9H,2-6H2,1H3. The number of likely N-dealkylation sites (tertiary alicyclic amines) is 1. The highest BCUT2D eigenvalue weighted by atomic mass is 19.3. The predicted molar refractivity (Wildman–Crippen MR) is 58.3 cm³/mol. The number of alkyl halides is 2. The van der Waals surface area contributed by atoms with Gasteiger partial charge in [0.05, 0.1) is 6.54 Å². The maximum Gasteiger partial charge on any atom is 0.410 e. The first-order valence-electron chi connectivity index (χ1n) is 6.03. The number of hydrogen-bond donors (Lipinski definition) is 0. The second-order valence-corrected chi connectivity index (χ2v) is 4.70. The van der Waals surface area contributed by atoms with Crippen molar-refractivity contribution in [2.75, 3.05) is 19.6 Å². The first-order chi connectivity index (χ1) is 8.49. The van der Waals surface area contributed by atoms with E-state index in [9.17, 15) is 18.4 Å². The molecule has 5 nitrogen and oxygen atoms in total. The lowest BCUT2D eigenvalue weighted by molar-refractivity contribution is -0.144. The minimum Gasteiger partial charge on any atom is -0.444 e. The van der Waals surface area contributed by atoms with Crippen LogP contribution in [0.3, 0.4) is 0 Å². The molecular formula is C11H16F2N2O3. The zero-order valence-corrected chi connectivity index (χ0v) is 10.1. The van der Waals surface area contributed by atoms with Crippen molar-refractivity contribution >= 4 is 12.0 Å². The zero-order valence-electron chi connectivity index (χ0n) is 10.1. The van der Waals surface area contributed by atoms with E-state index < -0.39 is 12.3 Å². The molecule has 0 bridgehead atoms. The van der Waals surface area contributed by atoms with Crippen LogP contribution in [-0.2, 0) is 9.53 Å². The number of carbonyl (C=O) groups excluding carboxylic acids is 2. The Morgan fingerprint density at radius 2 is 2.00 bits per heavy atom. The SMILES string of the molecule is CC1CN(C2CCN(C(=O)C(F)F)CC2)C(=O)O1. The number of nitrogens with zero attached hydrogens (tertiary/aromatic N) is 2. The number of carbonyl (C=O) groups is 2. The van der Waals surface area contributed by atoms with Gasteiger partial charge >= 0.3 is 12.5 Å². The summed E-state index contributed by atoms with van der Waals surface area (Å²) in [6.45, 7) is 2.89. The fourth-order valence-electron chi connectivity index (χ4n) is 2.46. The molecule has 0 N–H and O–H groups in total. The van der Waals surface area contributed by atoms with Crippen LogP contribution in [-0.4, -0.2) is 60.0 Å². The quantitative estimate of drug-likeness (QED) is 0.748. The largest absolute Gasteiger partial charge is 0.444 e. The van der Waals surface area contributed by atoms with Gasteiger partial charge < -0.3 is 14.5 Å². The average Bonchev–Trinajstić information content (AvgIpc) is 2.67. The van der Waals surface area contributed by atoms with Crippen LogP contribution in [0.15, 0.2) is 0 Å². The summed E-state index contributed by atoms with van der Waals surface area (Å²) < 4.78 is 29.5. The van der Waals surface area contributed by atoms with Crippen LogP contribution >= 0.6 is 0 Å².